The highest BCUT2D eigenvalue weighted by atomic mass is 16.3. The maximum absolute atomic E-state index is 12.8. The van der Waals surface area contributed by atoms with E-state index >= 15 is 0 Å². The van der Waals surface area contributed by atoms with Crippen molar-refractivity contribution in [3.63, 3.8) is 0 Å². The van der Waals surface area contributed by atoms with Crippen LogP contribution in [0.2, 0.25) is 0 Å². The zero-order valence-electron chi connectivity index (χ0n) is 14.0. The smallest absolute Gasteiger partial charge is 0.257 e. The number of phenols is 1. The maximum atomic E-state index is 12.8. The normalized spacial score (nSPS) is 18.6. The summed E-state index contributed by atoms with van der Waals surface area (Å²) in [4.78, 5) is 16.8. The molecule has 1 aromatic heterocycles. The molecule has 2 heterocycles. The van der Waals surface area contributed by atoms with E-state index in [9.17, 15) is 9.90 Å². The van der Waals surface area contributed by atoms with Crippen LogP contribution < -0.4 is 0 Å². The van der Waals surface area contributed by atoms with E-state index in [4.69, 9.17) is 0 Å². The summed E-state index contributed by atoms with van der Waals surface area (Å²) < 4.78 is 1.43. The molecule has 0 radical (unpaired) electrons. The van der Waals surface area contributed by atoms with E-state index in [1.165, 1.54) is 17.1 Å². The molecule has 128 valence electrons. The molecule has 1 N–H and O–H groups in total. The lowest BCUT2D eigenvalue weighted by molar-refractivity contribution is 0.0755. The summed E-state index contributed by atoms with van der Waals surface area (Å²) in [6.07, 6.45) is 4.44. The molecule has 1 amide bonds. The Morgan fingerprint density at radius 1 is 1.29 bits per heavy atom. The topological polar surface area (TPSA) is 87.4 Å². The molecule has 0 spiro atoms. The fraction of sp³-hybridized carbons (Fsp3) is 0.500. The number of phenolic OH excluding ortho intramolecular Hbond substituents is 1. The van der Waals surface area contributed by atoms with Crippen molar-refractivity contribution in [2.75, 3.05) is 27.2 Å². The summed E-state index contributed by atoms with van der Waals surface area (Å²) in [6.45, 7) is 1.42. The Hall–Kier alpha value is -2.48. The van der Waals surface area contributed by atoms with E-state index in [1.807, 2.05) is 4.90 Å². The number of rotatable bonds is 3. The molecular weight excluding hydrogens is 308 g/mol. The molecule has 8 nitrogen and oxygen atoms in total. The second kappa shape index (κ2) is 6.96. The second-order valence-electron chi connectivity index (χ2n) is 6.30. The van der Waals surface area contributed by atoms with Crippen LogP contribution in [-0.2, 0) is 0 Å². The summed E-state index contributed by atoms with van der Waals surface area (Å²) in [6, 6.07) is 5.36. The van der Waals surface area contributed by atoms with E-state index in [1.54, 1.807) is 12.1 Å². The molecule has 2 aromatic rings. The van der Waals surface area contributed by atoms with Crippen LogP contribution in [0.3, 0.4) is 0 Å². The van der Waals surface area contributed by atoms with E-state index < -0.39 is 0 Å². The molecule has 0 saturated carbocycles. The van der Waals surface area contributed by atoms with Crippen LogP contribution in [0.1, 0.15) is 29.6 Å². The molecule has 24 heavy (non-hydrogen) atoms. The van der Waals surface area contributed by atoms with Crippen LogP contribution in [0.4, 0.5) is 0 Å². The van der Waals surface area contributed by atoms with Crippen molar-refractivity contribution in [3.8, 4) is 11.4 Å². The van der Waals surface area contributed by atoms with Gasteiger partial charge in [0.05, 0.1) is 11.3 Å². The van der Waals surface area contributed by atoms with Crippen molar-refractivity contribution in [1.29, 1.82) is 0 Å². The SMILES string of the molecule is CN(C)[C@H]1CCCN(C(=O)c2ccc(-n3cnnn3)cc2O)CC1. The van der Waals surface area contributed by atoms with Crippen molar-refractivity contribution in [2.45, 2.75) is 25.3 Å². The third kappa shape index (κ3) is 3.38. The monoisotopic (exact) mass is 330 g/mol. The minimum Gasteiger partial charge on any atom is -0.507 e. The first-order chi connectivity index (χ1) is 11.6. The Balaban J connectivity index is 1.75. The molecular formula is C16H22N6O2. The number of hydrogen-bond acceptors (Lipinski definition) is 6. The maximum Gasteiger partial charge on any atom is 0.257 e. The van der Waals surface area contributed by atoms with Gasteiger partial charge in [-0.05, 0) is 55.9 Å². The average Bonchev–Trinajstić information content (AvgIpc) is 2.98. The first-order valence-corrected chi connectivity index (χ1v) is 8.08. The summed E-state index contributed by atoms with van der Waals surface area (Å²) >= 11 is 0. The Morgan fingerprint density at radius 3 is 2.79 bits per heavy atom. The van der Waals surface area contributed by atoms with Crippen LogP contribution >= 0.6 is 0 Å². The summed E-state index contributed by atoms with van der Waals surface area (Å²) in [5, 5.41) is 21.2. The molecule has 0 bridgehead atoms. The van der Waals surface area contributed by atoms with Gasteiger partial charge < -0.3 is 14.9 Å². The third-order valence-electron chi connectivity index (χ3n) is 4.54. The minimum atomic E-state index is -0.129. The van der Waals surface area contributed by atoms with Crippen LogP contribution in [0, 0.1) is 0 Å². The van der Waals surface area contributed by atoms with Gasteiger partial charge >= 0.3 is 0 Å². The lowest BCUT2D eigenvalue weighted by Crippen LogP contribution is -2.33. The Labute approximate surface area is 140 Å². The van der Waals surface area contributed by atoms with Crippen molar-refractivity contribution in [3.05, 3.63) is 30.1 Å². The second-order valence-corrected chi connectivity index (χ2v) is 6.30. The first-order valence-electron chi connectivity index (χ1n) is 8.08. The van der Waals surface area contributed by atoms with Crippen molar-refractivity contribution < 1.29 is 9.90 Å². The van der Waals surface area contributed by atoms with Gasteiger partial charge in [0.2, 0.25) is 0 Å². The van der Waals surface area contributed by atoms with Crippen LogP contribution in [0.15, 0.2) is 24.5 Å². The van der Waals surface area contributed by atoms with Crippen LogP contribution in [0.25, 0.3) is 5.69 Å². The van der Waals surface area contributed by atoms with Crippen LogP contribution in [-0.4, -0.2) is 74.2 Å². The van der Waals surface area contributed by atoms with Crippen molar-refractivity contribution in [2.24, 2.45) is 0 Å². The minimum absolute atomic E-state index is 0.0543. The third-order valence-corrected chi connectivity index (χ3v) is 4.54. The number of hydrogen-bond donors (Lipinski definition) is 1. The fourth-order valence-corrected chi connectivity index (χ4v) is 3.09. The molecule has 0 aliphatic carbocycles. The Bertz CT molecular complexity index is 701. The number of benzene rings is 1. The van der Waals surface area contributed by atoms with Gasteiger partial charge in [-0.3, -0.25) is 4.79 Å². The molecule has 1 aliphatic rings. The number of amides is 1. The lowest BCUT2D eigenvalue weighted by atomic mass is 10.1. The van der Waals surface area contributed by atoms with Gasteiger partial charge in [-0.1, -0.05) is 0 Å². The zero-order valence-corrected chi connectivity index (χ0v) is 14.0. The molecule has 1 atom stereocenters. The fourth-order valence-electron chi connectivity index (χ4n) is 3.09. The molecule has 1 saturated heterocycles. The van der Waals surface area contributed by atoms with Gasteiger partial charge in [0.15, 0.2) is 0 Å². The van der Waals surface area contributed by atoms with Gasteiger partial charge in [0.1, 0.15) is 12.1 Å². The summed E-state index contributed by atoms with van der Waals surface area (Å²) in [7, 11) is 4.15. The highest BCUT2D eigenvalue weighted by molar-refractivity contribution is 5.97. The number of aromatic hydroxyl groups is 1. The van der Waals surface area contributed by atoms with Gasteiger partial charge in [-0.2, -0.15) is 0 Å². The van der Waals surface area contributed by atoms with Gasteiger partial charge in [-0.25, -0.2) is 4.68 Å². The van der Waals surface area contributed by atoms with Gasteiger partial charge in [0, 0.05) is 25.2 Å². The summed E-state index contributed by atoms with van der Waals surface area (Å²) in [5.41, 5.74) is 0.924. The lowest BCUT2D eigenvalue weighted by Gasteiger charge is -2.23. The molecule has 1 fully saturated rings. The number of tetrazole rings is 1. The average molecular weight is 330 g/mol. The van der Waals surface area contributed by atoms with E-state index in [2.05, 4.69) is 34.5 Å². The van der Waals surface area contributed by atoms with Gasteiger partial charge in [-0.15, -0.1) is 5.10 Å². The van der Waals surface area contributed by atoms with Gasteiger partial charge in [0.25, 0.3) is 5.91 Å². The molecule has 1 aliphatic heterocycles. The molecule has 1 aromatic carbocycles. The molecule has 8 heteroatoms. The first kappa shape index (κ1) is 16.4. The number of nitrogens with zero attached hydrogens (tertiary/aromatic N) is 6. The zero-order chi connectivity index (χ0) is 17.1. The van der Waals surface area contributed by atoms with E-state index in [-0.39, 0.29) is 11.7 Å². The number of aromatic nitrogens is 4. The number of likely N-dealkylation sites (tertiary alicyclic amines) is 1. The van der Waals surface area contributed by atoms with Crippen LogP contribution in [0.5, 0.6) is 5.75 Å². The number of carbonyl (C=O) groups excluding carboxylic acids is 1. The highest BCUT2D eigenvalue weighted by Gasteiger charge is 2.24. The molecule has 0 unspecified atom stereocenters. The molecule has 3 rings (SSSR count). The van der Waals surface area contributed by atoms with Crippen molar-refractivity contribution >= 4 is 5.91 Å². The predicted molar refractivity (Wildman–Crippen MR) is 88.0 cm³/mol. The predicted octanol–water partition coefficient (Wildman–Crippen LogP) is 0.924. The highest BCUT2D eigenvalue weighted by Crippen LogP contribution is 2.24. The van der Waals surface area contributed by atoms with E-state index in [0.29, 0.717) is 23.8 Å². The standard InChI is InChI=1S/C16H22N6O2/c1-20(2)12-4-3-8-21(9-7-12)16(24)14-6-5-13(10-15(14)23)22-11-17-18-19-22/h5-6,10-12,23H,3-4,7-9H2,1-2H3/t12-/m0/s1. The van der Waals surface area contributed by atoms with E-state index in [0.717, 1.165) is 25.8 Å². The summed E-state index contributed by atoms with van der Waals surface area (Å²) in [5.74, 6) is -0.184. The largest absolute Gasteiger partial charge is 0.507 e. The Morgan fingerprint density at radius 2 is 2.12 bits per heavy atom. The number of carbonyl (C=O) groups is 1. The Kier molecular flexibility index (Phi) is 4.75. The quantitative estimate of drug-likeness (QED) is 0.900. The van der Waals surface area contributed by atoms with Crippen molar-refractivity contribution in [1.82, 2.24) is 30.0 Å².